The van der Waals surface area contributed by atoms with Gasteiger partial charge in [0.15, 0.2) is 0 Å². The van der Waals surface area contributed by atoms with Crippen molar-refractivity contribution >= 4 is 39.3 Å². The monoisotopic (exact) mass is 426 g/mol. The van der Waals surface area contributed by atoms with E-state index >= 15 is 0 Å². The van der Waals surface area contributed by atoms with Crippen molar-refractivity contribution in [1.82, 2.24) is 9.78 Å². The minimum atomic E-state index is -0.380. The first kappa shape index (κ1) is 17.3. The minimum Gasteiger partial charge on any atom is -0.447 e. The largest absolute Gasteiger partial charge is 0.447 e. The van der Waals surface area contributed by atoms with Crippen LogP contribution >= 0.6 is 15.9 Å². The first-order valence-electron chi connectivity index (χ1n) is 8.26. The zero-order chi connectivity index (χ0) is 18.8. The third-order valence-electron chi connectivity index (χ3n) is 4.11. The van der Waals surface area contributed by atoms with E-state index in [4.69, 9.17) is 4.74 Å². The molecule has 1 N–H and O–H groups in total. The van der Waals surface area contributed by atoms with Crippen LogP contribution < -0.4 is 10.2 Å². The molecule has 2 aromatic carbocycles. The lowest BCUT2D eigenvalue weighted by molar-refractivity contribution is 0.102. The van der Waals surface area contributed by atoms with Gasteiger partial charge in [0.2, 0.25) is 0 Å². The highest BCUT2D eigenvalue weighted by atomic mass is 79.9. The van der Waals surface area contributed by atoms with Crippen molar-refractivity contribution in [3.8, 4) is 5.69 Å². The maximum Gasteiger partial charge on any atom is 0.414 e. The van der Waals surface area contributed by atoms with Crippen LogP contribution in [0.15, 0.2) is 65.4 Å². The van der Waals surface area contributed by atoms with Crippen molar-refractivity contribution in [3.05, 3.63) is 71.0 Å². The van der Waals surface area contributed by atoms with Crippen LogP contribution in [-0.4, -0.2) is 34.9 Å². The van der Waals surface area contributed by atoms with Gasteiger partial charge in [-0.25, -0.2) is 9.48 Å². The average Bonchev–Trinajstić information content (AvgIpc) is 3.32. The summed E-state index contributed by atoms with van der Waals surface area (Å²) in [6, 6.07) is 14.7. The van der Waals surface area contributed by atoms with Gasteiger partial charge in [0.1, 0.15) is 6.61 Å². The number of nitrogens with zero attached hydrogens (tertiary/aromatic N) is 3. The molecule has 0 radical (unpaired) electrons. The lowest BCUT2D eigenvalue weighted by Crippen LogP contribution is -2.23. The van der Waals surface area contributed by atoms with Crippen molar-refractivity contribution < 1.29 is 14.3 Å². The number of hydrogen-bond donors (Lipinski definition) is 1. The molecule has 0 unspecified atom stereocenters. The number of rotatable bonds is 4. The summed E-state index contributed by atoms with van der Waals surface area (Å²) in [6.07, 6.45) is 2.80. The lowest BCUT2D eigenvalue weighted by atomic mass is 10.2. The van der Waals surface area contributed by atoms with Gasteiger partial charge in [-0.1, -0.05) is 22.0 Å². The molecule has 0 saturated carbocycles. The molecule has 136 valence electrons. The van der Waals surface area contributed by atoms with E-state index in [0.29, 0.717) is 30.1 Å². The van der Waals surface area contributed by atoms with Gasteiger partial charge >= 0.3 is 6.09 Å². The Bertz CT molecular complexity index is 1000. The maximum atomic E-state index is 12.5. The summed E-state index contributed by atoms with van der Waals surface area (Å²) in [4.78, 5) is 25.8. The second kappa shape index (κ2) is 7.24. The summed E-state index contributed by atoms with van der Waals surface area (Å²) in [5.74, 6) is -0.278. The fourth-order valence-electron chi connectivity index (χ4n) is 2.76. The van der Waals surface area contributed by atoms with E-state index in [0.717, 1.165) is 10.2 Å². The van der Waals surface area contributed by atoms with E-state index in [9.17, 15) is 9.59 Å². The van der Waals surface area contributed by atoms with Crippen molar-refractivity contribution in [2.75, 3.05) is 23.4 Å². The molecule has 27 heavy (non-hydrogen) atoms. The predicted octanol–water partition coefficient (Wildman–Crippen LogP) is 3.84. The SMILES string of the molecule is O=C(Nc1cccc(N2CCOC2=O)c1)c1cnn(-c2ccc(Br)cc2)c1. The summed E-state index contributed by atoms with van der Waals surface area (Å²) in [7, 11) is 0. The van der Waals surface area contributed by atoms with Gasteiger partial charge < -0.3 is 10.1 Å². The first-order chi connectivity index (χ1) is 13.1. The van der Waals surface area contributed by atoms with Crippen LogP contribution in [0.1, 0.15) is 10.4 Å². The molecule has 0 bridgehead atoms. The normalized spacial score (nSPS) is 13.5. The number of benzene rings is 2. The summed E-state index contributed by atoms with van der Waals surface area (Å²) in [5.41, 5.74) is 2.56. The van der Waals surface area contributed by atoms with Crippen LogP contribution in [0.4, 0.5) is 16.2 Å². The van der Waals surface area contributed by atoms with Crippen molar-refractivity contribution in [1.29, 1.82) is 0 Å². The Morgan fingerprint density at radius 3 is 2.70 bits per heavy atom. The summed E-state index contributed by atoms with van der Waals surface area (Å²) < 4.78 is 7.56. The molecule has 1 aromatic heterocycles. The van der Waals surface area contributed by atoms with Gasteiger partial charge in [-0.3, -0.25) is 9.69 Å². The molecule has 2 amide bonds. The van der Waals surface area contributed by atoms with E-state index in [2.05, 4.69) is 26.3 Å². The molecule has 8 heteroatoms. The van der Waals surface area contributed by atoms with E-state index in [1.807, 2.05) is 24.3 Å². The number of aromatic nitrogens is 2. The van der Waals surface area contributed by atoms with E-state index in [1.54, 1.807) is 35.1 Å². The number of anilines is 2. The second-order valence-corrected chi connectivity index (χ2v) is 6.84. The van der Waals surface area contributed by atoms with Crippen LogP contribution in [0.3, 0.4) is 0 Å². The van der Waals surface area contributed by atoms with Crippen molar-refractivity contribution in [2.45, 2.75) is 0 Å². The fourth-order valence-corrected chi connectivity index (χ4v) is 3.02. The standard InChI is InChI=1S/C19H15BrN4O3/c20-14-4-6-16(7-5-14)24-12-13(11-21-24)18(25)22-15-2-1-3-17(10-15)23-8-9-27-19(23)26/h1-7,10-12H,8-9H2,(H,22,25). The quantitative estimate of drug-likeness (QED) is 0.687. The Morgan fingerprint density at radius 2 is 1.96 bits per heavy atom. The molecule has 7 nitrogen and oxygen atoms in total. The number of amides is 2. The van der Waals surface area contributed by atoms with Crippen LogP contribution in [0, 0.1) is 0 Å². The summed E-state index contributed by atoms with van der Waals surface area (Å²) in [5, 5.41) is 7.07. The Morgan fingerprint density at radius 1 is 1.15 bits per heavy atom. The smallest absolute Gasteiger partial charge is 0.414 e. The van der Waals surface area contributed by atoms with Gasteiger partial charge in [-0.15, -0.1) is 0 Å². The molecule has 0 atom stereocenters. The molecule has 1 aliphatic rings. The highest BCUT2D eigenvalue weighted by Gasteiger charge is 2.23. The molecule has 1 aliphatic heterocycles. The molecule has 1 fully saturated rings. The van der Waals surface area contributed by atoms with Crippen LogP contribution in [0.25, 0.3) is 5.69 Å². The Balaban J connectivity index is 1.50. The van der Waals surface area contributed by atoms with Gasteiger partial charge in [-0.05, 0) is 42.5 Å². The number of carbonyl (C=O) groups is 2. The average molecular weight is 427 g/mol. The number of hydrogen-bond acceptors (Lipinski definition) is 4. The fraction of sp³-hybridized carbons (Fsp3) is 0.105. The molecule has 4 rings (SSSR count). The van der Waals surface area contributed by atoms with Crippen LogP contribution in [0.5, 0.6) is 0 Å². The highest BCUT2D eigenvalue weighted by molar-refractivity contribution is 9.10. The van der Waals surface area contributed by atoms with E-state index < -0.39 is 0 Å². The van der Waals surface area contributed by atoms with E-state index in [-0.39, 0.29) is 12.0 Å². The minimum absolute atomic E-state index is 0.278. The molecular weight excluding hydrogens is 412 g/mol. The zero-order valence-electron chi connectivity index (χ0n) is 14.1. The third-order valence-corrected chi connectivity index (χ3v) is 4.64. The molecule has 2 heterocycles. The predicted molar refractivity (Wildman–Crippen MR) is 104 cm³/mol. The van der Waals surface area contributed by atoms with Crippen molar-refractivity contribution in [3.63, 3.8) is 0 Å². The van der Waals surface area contributed by atoms with Gasteiger partial charge in [-0.2, -0.15) is 5.10 Å². The van der Waals surface area contributed by atoms with Gasteiger partial charge in [0.05, 0.1) is 24.0 Å². The number of halogens is 1. The highest BCUT2D eigenvalue weighted by Crippen LogP contribution is 2.23. The number of cyclic esters (lactones) is 1. The molecule has 3 aromatic rings. The number of ether oxygens (including phenoxy) is 1. The van der Waals surface area contributed by atoms with Crippen LogP contribution in [-0.2, 0) is 4.74 Å². The zero-order valence-corrected chi connectivity index (χ0v) is 15.7. The Hall–Kier alpha value is -3.13. The molecule has 0 spiro atoms. The van der Waals surface area contributed by atoms with Crippen LogP contribution in [0.2, 0.25) is 0 Å². The van der Waals surface area contributed by atoms with Gasteiger partial charge in [0, 0.05) is 22.0 Å². The topological polar surface area (TPSA) is 76.5 Å². The maximum absolute atomic E-state index is 12.5. The summed E-state index contributed by atoms with van der Waals surface area (Å²) in [6.45, 7) is 0.862. The van der Waals surface area contributed by atoms with Crippen molar-refractivity contribution in [2.24, 2.45) is 0 Å². The lowest BCUT2D eigenvalue weighted by Gasteiger charge is -2.14. The summed E-state index contributed by atoms with van der Waals surface area (Å²) >= 11 is 3.39. The first-order valence-corrected chi connectivity index (χ1v) is 9.06. The third kappa shape index (κ3) is 3.70. The Labute approximate surface area is 163 Å². The number of carbonyl (C=O) groups excluding carboxylic acids is 2. The Kier molecular flexibility index (Phi) is 4.64. The molecular formula is C19H15BrN4O3. The van der Waals surface area contributed by atoms with E-state index in [1.165, 1.54) is 11.1 Å². The second-order valence-electron chi connectivity index (χ2n) is 5.92. The van der Waals surface area contributed by atoms with Gasteiger partial charge in [0.25, 0.3) is 5.91 Å². The molecule has 1 saturated heterocycles. The molecule has 0 aliphatic carbocycles. The number of nitrogens with one attached hydrogen (secondary N) is 1.